The van der Waals surface area contributed by atoms with Crippen LogP contribution < -0.4 is 15.0 Å². The van der Waals surface area contributed by atoms with Crippen molar-refractivity contribution in [2.45, 2.75) is 6.42 Å². The Morgan fingerprint density at radius 1 is 1.35 bits per heavy atom. The number of ether oxygens (including phenoxy) is 1. The Morgan fingerprint density at radius 2 is 2.09 bits per heavy atom. The number of hydrogen-bond acceptors (Lipinski definition) is 4. The first kappa shape index (κ1) is 15.1. The summed E-state index contributed by atoms with van der Waals surface area (Å²) >= 11 is 0. The quantitative estimate of drug-likeness (QED) is 0.926. The van der Waals surface area contributed by atoms with Crippen LogP contribution in [0.25, 0.3) is 0 Å². The molecule has 2 heterocycles. The zero-order valence-corrected chi connectivity index (χ0v) is 13.0. The van der Waals surface area contributed by atoms with Gasteiger partial charge in [0.25, 0.3) is 0 Å². The number of aryl methyl sites for hydroxylation is 1. The summed E-state index contributed by atoms with van der Waals surface area (Å²) in [5, 5.41) is 6.80. The molecule has 1 aliphatic rings. The summed E-state index contributed by atoms with van der Waals surface area (Å²) in [5.74, 6) is 0.139. The molecule has 0 spiro atoms. The predicted molar refractivity (Wildman–Crippen MR) is 85.3 cm³/mol. The van der Waals surface area contributed by atoms with Crippen molar-refractivity contribution in [3.8, 4) is 5.75 Å². The molecule has 0 unspecified atom stereocenters. The molecular weight excluding hydrogens is 296 g/mol. The molecule has 1 aromatic heterocycles. The number of nitrogens with zero attached hydrogens (tertiary/aromatic N) is 3. The molecule has 120 valence electrons. The minimum atomic E-state index is -0.371. The fraction of sp³-hybridized carbons (Fsp3) is 0.312. The van der Waals surface area contributed by atoms with E-state index in [9.17, 15) is 9.59 Å². The van der Waals surface area contributed by atoms with Gasteiger partial charge in [0, 0.05) is 31.9 Å². The van der Waals surface area contributed by atoms with Crippen LogP contribution in [0.3, 0.4) is 0 Å². The number of amides is 2. The second-order valence-electron chi connectivity index (χ2n) is 5.50. The first-order valence-corrected chi connectivity index (χ1v) is 7.31. The number of benzene rings is 1. The number of aromatic nitrogens is 2. The van der Waals surface area contributed by atoms with E-state index in [1.807, 2.05) is 12.1 Å². The molecule has 7 heteroatoms. The van der Waals surface area contributed by atoms with Crippen molar-refractivity contribution in [1.29, 1.82) is 0 Å². The fourth-order valence-electron chi connectivity index (χ4n) is 2.63. The van der Waals surface area contributed by atoms with Crippen LogP contribution >= 0.6 is 0 Å². The number of carbonyl (C=O) groups is 2. The summed E-state index contributed by atoms with van der Waals surface area (Å²) < 4.78 is 6.72. The normalized spacial score (nSPS) is 17.4. The van der Waals surface area contributed by atoms with Crippen LogP contribution in [0.5, 0.6) is 5.75 Å². The van der Waals surface area contributed by atoms with Gasteiger partial charge in [0.05, 0.1) is 24.9 Å². The third-order valence-corrected chi connectivity index (χ3v) is 3.85. The van der Waals surface area contributed by atoms with Gasteiger partial charge in [-0.15, -0.1) is 0 Å². The summed E-state index contributed by atoms with van der Waals surface area (Å²) in [7, 11) is 3.37. The topological polar surface area (TPSA) is 76.5 Å². The summed E-state index contributed by atoms with van der Waals surface area (Å²) in [6, 6.07) is 7.23. The van der Waals surface area contributed by atoms with Gasteiger partial charge >= 0.3 is 0 Å². The van der Waals surface area contributed by atoms with Crippen LogP contribution in [0.2, 0.25) is 0 Å². The molecule has 2 amide bonds. The molecule has 1 aromatic carbocycles. The molecule has 1 fully saturated rings. The highest BCUT2D eigenvalue weighted by molar-refractivity contribution is 6.03. The maximum absolute atomic E-state index is 12.3. The van der Waals surface area contributed by atoms with Crippen LogP contribution in [-0.2, 0) is 16.6 Å². The van der Waals surface area contributed by atoms with Gasteiger partial charge in [0.2, 0.25) is 11.8 Å². The van der Waals surface area contributed by atoms with Crippen LogP contribution in [0, 0.1) is 5.92 Å². The minimum absolute atomic E-state index is 0.0542. The van der Waals surface area contributed by atoms with E-state index in [1.54, 1.807) is 48.3 Å². The predicted octanol–water partition coefficient (Wildman–Crippen LogP) is 1.42. The van der Waals surface area contributed by atoms with E-state index in [2.05, 4.69) is 10.4 Å². The average Bonchev–Trinajstić information content (AvgIpc) is 3.13. The van der Waals surface area contributed by atoms with Crippen LogP contribution in [0.4, 0.5) is 11.4 Å². The zero-order valence-electron chi connectivity index (χ0n) is 13.0. The van der Waals surface area contributed by atoms with Gasteiger partial charge < -0.3 is 15.0 Å². The van der Waals surface area contributed by atoms with E-state index in [-0.39, 0.29) is 24.2 Å². The zero-order chi connectivity index (χ0) is 16.4. The minimum Gasteiger partial charge on any atom is -0.497 e. The Morgan fingerprint density at radius 3 is 2.70 bits per heavy atom. The molecular formula is C16H18N4O3. The number of methoxy groups -OCH3 is 1. The lowest BCUT2D eigenvalue weighted by Crippen LogP contribution is -2.28. The number of carbonyl (C=O) groups excluding carboxylic acids is 2. The van der Waals surface area contributed by atoms with E-state index in [4.69, 9.17) is 4.74 Å². The molecule has 1 atom stereocenters. The molecule has 0 aliphatic carbocycles. The lowest BCUT2D eigenvalue weighted by molar-refractivity contribution is -0.122. The Hall–Kier alpha value is -2.83. The first-order chi connectivity index (χ1) is 11.1. The highest BCUT2D eigenvalue weighted by atomic mass is 16.5. The molecule has 23 heavy (non-hydrogen) atoms. The SMILES string of the molecule is COc1ccc(N2C[C@@H](C(=O)Nc3cnn(C)c3)CC2=O)cc1. The van der Waals surface area contributed by atoms with Crippen LogP contribution in [0.15, 0.2) is 36.7 Å². The van der Waals surface area contributed by atoms with Crippen molar-refractivity contribution in [3.05, 3.63) is 36.7 Å². The van der Waals surface area contributed by atoms with Gasteiger partial charge in [-0.25, -0.2) is 0 Å². The Labute approximate surface area is 133 Å². The van der Waals surface area contributed by atoms with Crippen LogP contribution in [-0.4, -0.2) is 35.2 Å². The standard InChI is InChI=1S/C16H18N4O3/c1-19-10-12(8-17-19)18-16(22)11-7-15(21)20(9-11)13-3-5-14(23-2)6-4-13/h3-6,8,10-11H,7,9H2,1-2H3,(H,18,22)/t11-/m0/s1. The molecule has 0 bridgehead atoms. The highest BCUT2D eigenvalue weighted by Crippen LogP contribution is 2.27. The third kappa shape index (κ3) is 3.18. The Kier molecular flexibility index (Phi) is 4.01. The lowest BCUT2D eigenvalue weighted by atomic mass is 10.1. The van der Waals surface area contributed by atoms with Gasteiger partial charge in [-0.2, -0.15) is 5.10 Å². The fourth-order valence-corrected chi connectivity index (χ4v) is 2.63. The van der Waals surface area contributed by atoms with E-state index in [0.717, 1.165) is 11.4 Å². The Balaban J connectivity index is 1.67. The summed E-state index contributed by atoms with van der Waals surface area (Å²) in [4.78, 5) is 26.1. The largest absolute Gasteiger partial charge is 0.497 e. The average molecular weight is 314 g/mol. The smallest absolute Gasteiger partial charge is 0.229 e. The van der Waals surface area contributed by atoms with Crippen molar-refractivity contribution in [3.63, 3.8) is 0 Å². The number of nitrogens with one attached hydrogen (secondary N) is 1. The van der Waals surface area contributed by atoms with Crippen molar-refractivity contribution in [1.82, 2.24) is 9.78 Å². The van der Waals surface area contributed by atoms with E-state index >= 15 is 0 Å². The maximum Gasteiger partial charge on any atom is 0.229 e. The molecule has 7 nitrogen and oxygen atoms in total. The van der Waals surface area contributed by atoms with Gasteiger partial charge in [0.15, 0.2) is 0 Å². The molecule has 3 rings (SSSR count). The molecule has 1 aliphatic heterocycles. The molecule has 1 N–H and O–H groups in total. The summed E-state index contributed by atoms with van der Waals surface area (Å²) in [5.41, 5.74) is 1.40. The van der Waals surface area contributed by atoms with E-state index in [1.165, 1.54) is 0 Å². The Bertz CT molecular complexity index is 723. The number of anilines is 2. The molecule has 1 saturated heterocycles. The van der Waals surface area contributed by atoms with Gasteiger partial charge in [0.1, 0.15) is 5.75 Å². The molecule has 2 aromatic rings. The summed E-state index contributed by atoms with van der Waals surface area (Å²) in [6.07, 6.45) is 3.50. The van der Waals surface area contributed by atoms with Gasteiger partial charge in [-0.05, 0) is 24.3 Å². The van der Waals surface area contributed by atoms with Gasteiger partial charge in [-0.3, -0.25) is 14.3 Å². The highest BCUT2D eigenvalue weighted by Gasteiger charge is 2.35. The third-order valence-electron chi connectivity index (χ3n) is 3.85. The van der Waals surface area contributed by atoms with E-state index < -0.39 is 0 Å². The lowest BCUT2D eigenvalue weighted by Gasteiger charge is -2.17. The van der Waals surface area contributed by atoms with Crippen LogP contribution in [0.1, 0.15) is 6.42 Å². The monoisotopic (exact) mass is 314 g/mol. The maximum atomic E-state index is 12.3. The molecule has 0 radical (unpaired) electrons. The number of hydrogen-bond donors (Lipinski definition) is 1. The van der Waals surface area contributed by atoms with Crippen molar-refractivity contribution in [2.75, 3.05) is 23.9 Å². The molecule has 0 saturated carbocycles. The number of rotatable bonds is 4. The van der Waals surface area contributed by atoms with E-state index in [0.29, 0.717) is 12.2 Å². The van der Waals surface area contributed by atoms with Crippen molar-refractivity contribution in [2.24, 2.45) is 13.0 Å². The first-order valence-electron chi connectivity index (χ1n) is 7.31. The van der Waals surface area contributed by atoms with Crippen molar-refractivity contribution < 1.29 is 14.3 Å². The van der Waals surface area contributed by atoms with Gasteiger partial charge in [-0.1, -0.05) is 0 Å². The summed E-state index contributed by atoms with van der Waals surface area (Å²) in [6.45, 7) is 0.372. The second-order valence-corrected chi connectivity index (χ2v) is 5.50. The van der Waals surface area contributed by atoms with Crippen molar-refractivity contribution >= 4 is 23.2 Å². The second kappa shape index (κ2) is 6.12.